The predicted molar refractivity (Wildman–Crippen MR) is 176 cm³/mol. The third-order valence-electron chi connectivity index (χ3n) is 9.21. The Hall–Kier alpha value is -3.44. The van der Waals surface area contributed by atoms with Crippen molar-refractivity contribution in [3.63, 3.8) is 0 Å². The average molecular weight is 711 g/mol. The molecule has 3 amide bonds. The van der Waals surface area contributed by atoms with Crippen LogP contribution in [0.3, 0.4) is 0 Å². The molecule has 0 radical (unpaired) electrons. The Labute approximate surface area is 283 Å². The molecule has 2 saturated heterocycles. The van der Waals surface area contributed by atoms with E-state index in [1.165, 1.54) is 27.4 Å². The molecule has 0 spiro atoms. The molecule has 3 heterocycles. The third-order valence-corrected chi connectivity index (χ3v) is 11.3. The molecule has 17 heteroatoms. The lowest BCUT2D eigenvalue weighted by molar-refractivity contribution is -0.129. The molecule has 0 bridgehead atoms. The van der Waals surface area contributed by atoms with Crippen LogP contribution in [0.15, 0.2) is 41.3 Å². The van der Waals surface area contributed by atoms with Crippen LogP contribution in [-0.4, -0.2) is 93.8 Å². The largest absolute Gasteiger partial charge is 0.354 e. The molecular weight excluding hydrogens is 670 g/mol. The van der Waals surface area contributed by atoms with Crippen molar-refractivity contribution in [1.29, 1.82) is 0 Å². The summed E-state index contributed by atoms with van der Waals surface area (Å²) in [5, 5.41) is 5.20. The van der Waals surface area contributed by atoms with E-state index in [1.807, 2.05) is 0 Å². The van der Waals surface area contributed by atoms with E-state index in [-0.39, 0.29) is 110 Å². The number of nitrogens with one attached hydrogen (secondary N) is 2. The van der Waals surface area contributed by atoms with Gasteiger partial charge in [-0.3, -0.25) is 14.4 Å². The molecule has 2 aliphatic heterocycles. The first-order valence-corrected chi connectivity index (χ1v) is 17.8. The minimum Gasteiger partial charge on any atom is -0.354 e. The zero-order chi connectivity index (χ0) is 34.6. The topological polar surface area (TPSA) is 184 Å². The molecule has 1 saturated carbocycles. The van der Waals surface area contributed by atoms with Crippen LogP contribution in [0.25, 0.3) is 0 Å². The highest BCUT2D eigenvalue weighted by molar-refractivity contribution is 7.89. The molecule has 0 unspecified atom stereocenters. The minimum atomic E-state index is -3.85. The molecule has 1 aromatic heterocycles. The second kappa shape index (κ2) is 15.0. The van der Waals surface area contributed by atoms with Gasteiger partial charge in [-0.15, -0.1) is 0 Å². The molecule has 1 aromatic carbocycles. The van der Waals surface area contributed by atoms with Crippen molar-refractivity contribution in [3.05, 3.63) is 47.1 Å². The third kappa shape index (κ3) is 8.05. The van der Waals surface area contributed by atoms with Crippen molar-refractivity contribution in [2.45, 2.75) is 49.0 Å². The van der Waals surface area contributed by atoms with Gasteiger partial charge in [0.2, 0.25) is 27.7 Å². The van der Waals surface area contributed by atoms with Crippen molar-refractivity contribution >= 4 is 50.9 Å². The van der Waals surface area contributed by atoms with Gasteiger partial charge >= 0.3 is 0 Å². The summed E-state index contributed by atoms with van der Waals surface area (Å²) in [5.41, 5.74) is 11.4. The number of amides is 3. The van der Waals surface area contributed by atoms with Crippen molar-refractivity contribution < 1.29 is 31.6 Å². The lowest BCUT2D eigenvalue weighted by Crippen LogP contribution is -2.49. The molecule has 48 heavy (non-hydrogen) atoms. The molecule has 13 nitrogen and oxygen atoms in total. The molecular formula is C31H41ClF2N8O5S. The second-order valence-electron chi connectivity index (χ2n) is 12.4. The maximum absolute atomic E-state index is 15.9. The van der Waals surface area contributed by atoms with Crippen LogP contribution in [0.5, 0.6) is 0 Å². The Balaban J connectivity index is 1.16. The average Bonchev–Trinajstić information content (AvgIpc) is 3.43. The molecule has 6 N–H and O–H groups in total. The van der Waals surface area contributed by atoms with Crippen LogP contribution in [0.4, 0.5) is 20.3 Å². The van der Waals surface area contributed by atoms with E-state index >= 15 is 8.78 Å². The molecule has 5 rings (SSSR count). The number of hydrogen-bond acceptors (Lipinski definition) is 9. The van der Waals surface area contributed by atoms with Crippen LogP contribution < -0.4 is 31.9 Å². The van der Waals surface area contributed by atoms with Crippen LogP contribution >= 0.6 is 11.6 Å². The Morgan fingerprint density at radius 2 is 1.65 bits per heavy atom. The van der Waals surface area contributed by atoms with Gasteiger partial charge in [-0.25, -0.2) is 22.2 Å². The molecule has 3 fully saturated rings. The van der Waals surface area contributed by atoms with E-state index in [2.05, 4.69) is 15.6 Å². The highest BCUT2D eigenvalue weighted by atomic mass is 35.5. The molecule has 262 valence electrons. The Morgan fingerprint density at radius 1 is 1.00 bits per heavy atom. The van der Waals surface area contributed by atoms with Crippen molar-refractivity contribution in [2.75, 3.05) is 62.2 Å². The number of aromatic nitrogens is 1. The number of nitrogens with two attached hydrogens (primary N) is 2. The fourth-order valence-corrected chi connectivity index (χ4v) is 8.11. The van der Waals surface area contributed by atoms with Crippen LogP contribution in [0.2, 0.25) is 5.15 Å². The van der Waals surface area contributed by atoms with Crippen molar-refractivity contribution in [2.24, 2.45) is 23.3 Å². The number of piperazine rings is 1. The number of carbonyl (C=O) groups is 3. The molecule has 1 atom stereocenters. The van der Waals surface area contributed by atoms with Gasteiger partial charge < -0.3 is 31.9 Å². The van der Waals surface area contributed by atoms with Crippen LogP contribution in [0, 0.1) is 11.8 Å². The fourth-order valence-electron chi connectivity index (χ4n) is 6.48. The quantitative estimate of drug-likeness (QED) is 0.198. The van der Waals surface area contributed by atoms with Gasteiger partial charge in [0, 0.05) is 81.4 Å². The number of nitrogens with zero attached hydrogens (tertiary/aromatic N) is 4. The zero-order valence-electron chi connectivity index (χ0n) is 26.4. The van der Waals surface area contributed by atoms with Gasteiger partial charge in [0.15, 0.2) is 0 Å². The van der Waals surface area contributed by atoms with E-state index < -0.39 is 27.8 Å². The lowest BCUT2D eigenvalue weighted by Gasteiger charge is -2.36. The Kier molecular flexibility index (Phi) is 11.2. The second-order valence-corrected chi connectivity index (χ2v) is 14.7. The number of hydrogen-bond donors (Lipinski definition) is 4. The number of pyridine rings is 1. The number of alkyl halides is 2. The van der Waals surface area contributed by atoms with Crippen molar-refractivity contribution in [3.8, 4) is 0 Å². The van der Waals surface area contributed by atoms with Crippen molar-refractivity contribution in [1.82, 2.24) is 19.9 Å². The van der Waals surface area contributed by atoms with Crippen LogP contribution in [0.1, 0.15) is 37.7 Å². The first kappa shape index (κ1) is 35.9. The van der Waals surface area contributed by atoms with E-state index in [4.69, 9.17) is 23.1 Å². The van der Waals surface area contributed by atoms with Crippen LogP contribution in [-0.2, 0) is 30.3 Å². The fraction of sp³-hybridized carbons (Fsp3) is 0.548. The number of anilines is 2. The summed E-state index contributed by atoms with van der Waals surface area (Å²) in [5.74, 6) is -5.04. The predicted octanol–water partition coefficient (Wildman–Crippen LogP) is 1.40. The van der Waals surface area contributed by atoms with E-state index in [0.29, 0.717) is 25.1 Å². The number of benzene rings is 1. The van der Waals surface area contributed by atoms with Gasteiger partial charge in [-0.1, -0.05) is 11.6 Å². The van der Waals surface area contributed by atoms with E-state index in [1.54, 1.807) is 17.0 Å². The zero-order valence-corrected chi connectivity index (χ0v) is 28.0. The summed E-state index contributed by atoms with van der Waals surface area (Å²) in [6, 6.07) is 8.32. The number of sulfonamides is 1. The molecule has 3 aliphatic rings. The molecule has 2 aromatic rings. The van der Waals surface area contributed by atoms with Gasteiger partial charge in [-0.2, -0.15) is 4.31 Å². The Bertz CT molecular complexity index is 1600. The summed E-state index contributed by atoms with van der Waals surface area (Å²) in [7, 11) is -3.85. The van der Waals surface area contributed by atoms with E-state index in [9.17, 15) is 22.8 Å². The summed E-state index contributed by atoms with van der Waals surface area (Å²) in [4.78, 5) is 43.5. The standard InChI is InChI=1S/C31H41ClF2N8O5S/c32-26-15-22(31(33,34)21-3-1-20(2-4-21)30(45)38-10-9-37-28(43)18-35)16-27(39-26)40-11-13-41(14-12-40)48(46,47)25-7-5-24(6-8-25)42-19-23(36)17-29(42)44/h5-8,15-16,20-21,23H,1-4,9-14,17-19,35-36H2,(H,37,43)(H,38,45)/t20?,21?,23-/m1/s1. The highest BCUT2D eigenvalue weighted by Gasteiger charge is 2.44. The highest BCUT2D eigenvalue weighted by Crippen LogP contribution is 2.46. The molecule has 1 aliphatic carbocycles. The minimum absolute atomic E-state index is 0.0849. The summed E-state index contributed by atoms with van der Waals surface area (Å²) < 4.78 is 59.8. The monoisotopic (exact) mass is 710 g/mol. The van der Waals surface area contributed by atoms with Gasteiger partial charge in [0.25, 0.3) is 5.92 Å². The maximum atomic E-state index is 15.9. The van der Waals surface area contributed by atoms with E-state index in [0.717, 1.165) is 6.07 Å². The van der Waals surface area contributed by atoms with Gasteiger partial charge in [-0.05, 0) is 62.1 Å². The number of rotatable bonds is 11. The summed E-state index contributed by atoms with van der Waals surface area (Å²) in [6.07, 6.45) is 1.13. The smallest absolute Gasteiger partial charge is 0.276 e. The summed E-state index contributed by atoms with van der Waals surface area (Å²) >= 11 is 6.23. The Morgan fingerprint density at radius 3 is 2.25 bits per heavy atom. The first-order valence-electron chi connectivity index (χ1n) is 16.0. The van der Waals surface area contributed by atoms with Gasteiger partial charge in [0.1, 0.15) is 11.0 Å². The first-order chi connectivity index (χ1) is 22.8. The number of carbonyl (C=O) groups excluding carboxylic acids is 3. The lowest BCUT2D eigenvalue weighted by atomic mass is 9.77. The summed E-state index contributed by atoms with van der Waals surface area (Å²) in [6.45, 7) is 1.33. The number of halogens is 3. The normalized spacial score (nSPS) is 22.5. The SMILES string of the molecule is NCC(=O)NCCNC(=O)C1CCC(C(F)(F)c2cc(Cl)nc(N3CCN(S(=O)(=O)c4ccc(N5C[C@H](N)CC5=O)cc4)CC3)c2)CC1. The maximum Gasteiger partial charge on any atom is 0.276 e. The van der Waals surface area contributed by atoms with Gasteiger partial charge in [0.05, 0.1) is 11.4 Å².